The summed E-state index contributed by atoms with van der Waals surface area (Å²) >= 11 is 3.52. The van der Waals surface area contributed by atoms with Gasteiger partial charge in [0.1, 0.15) is 5.60 Å². The van der Waals surface area contributed by atoms with E-state index in [2.05, 4.69) is 15.9 Å². The van der Waals surface area contributed by atoms with Crippen molar-refractivity contribution in [3.63, 3.8) is 0 Å². The molecule has 2 aliphatic rings. The van der Waals surface area contributed by atoms with E-state index in [-0.39, 0.29) is 5.60 Å². The van der Waals surface area contributed by atoms with E-state index in [9.17, 15) is 0 Å². The van der Waals surface area contributed by atoms with E-state index in [1.165, 1.54) is 0 Å². The molecule has 0 N–H and O–H groups in total. The Labute approximate surface area is 62.6 Å². The minimum Gasteiger partial charge on any atom is -0.380 e. The van der Waals surface area contributed by atoms with Crippen LogP contribution in [0.4, 0.5) is 0 Å². The average Bonchev–Trinajstić information content (AvgIpc) is 2.60. The van der Waals surface area contributed by atoms with Gasteiger partial charge in [0.25, 0.3) is 0 Å². The molecule has 0 radical (unpaired) electrons. The molecule has 0 bridgehead atoms. The van der Waals surface area contributed by atoms with Gasteiger partial charge in [-0.25, -0.2) is 0 Å². The Balaban J connectivity index is 2.03. The topological polar surface area (TPSA) is 21.8 Å². The summed E-state index contributed by atoms with van der Waals surface area (Å²) in [7, 11) is 0. The lowest BCUT2D eigenvalue weighted by atomic mass is 10.0. The first-order valence-electron chi connectivity index (χ1n) is 3.19. The predicted octanol–water partition coefficient (Wildman–Crippen LogP) is 0.939. The summed E-state index contributed by atoms with van der Waals surface area (Å²) < 4.78 is 10.6. The van der Waals surface area contributed by atoms with Gasteiger partial charge in [0.15, 0.2) is 0 Å². The number of hydrogen-bond acceptors (Lipinski definition) is 2. The van der Waals surface area contributed by atoms with Crippen LogP contribution in [-0.2, 0) is 9.47 Å². The van der Waals surface area contributed by atoms with Crippen molar-refractivity contribution in [3.8, 4) is 0 Å². The van der Waals surface area contributed by atoms with E-state index >= 15 is 0 Å². The van der Waals surface area contributed by atoms with E-state index in [4.69, 9.17) is 9.47 Å². The molecule has 0 aromatic carbocycles. The Morgan fingerprint density at radius 1 is 1.56 bits per heavy atom. The second kappa shape index (κ2) is 1.94. The molecule has 52 valence electrons. The van der Waals surface area contributed by atoms with Crippen LogP contribution in [-0.4, -0.2) is 30.2 Å². The maximum atomic E-state index is 5.32. The second-order valence-electron chi connectivity index (χ2n) is 2.65. The van der Waals surface area contributed by atoms with Crippen molar-refractivity contribution >= 4 is 15.9 Å². The molecule has 2 rings (SSSR count). The molecular weight excluding hydrogens is 184 g/mol. The number of rotatable bonds is 0. The van der Waals surface area contributed by atoms with Crippen molar-refractivity contribution in [1.82, 2.24) is 0 Å². The van der Waals surface area contributed by atoms with Crippen LogP contribution in [0.5, 0.6) is 0 Å². The zero-order valence-corrected chi connectivity index (χ0v) is 6.69. The van der Waals surface area contributed by atoms with Crippen molar-refractivity contribution in [2.75, 3.05) is 19.8 Å². The summed E-state index contributed by atoms with van der Waals surface area (Å²) in [5.41, 5.74) is 0.179. The third-order valence-corrected chi connectivity index (χ3v) is 3.12. The lowest BCUT2D eigenvalue weighted by Crippen LogP contribution is -2.35. The van der Waals surface area contributed by atoms with E-state index in [1.807, 2.05) is 0 Å². The molecule has 2 saturated heterocycles. The standard InChI is InChI=1S/C6H9BrO2/c7-5-3-8-2-1-6(5)4-9-6/h5H,1-4H2. The maximum absolute atomic E-state index is 5.32. The fraction of sp³-hybridized carbons (Fsp3) is 1.00. The lowest BCUT2D eigenvalue weighted by molar-refractivity contribution is 0.0572. The fourth-order valence-electron chi connectivity index (χ4n) is 1.16. The monoisotopic (exact) mass is 192 g/mol. The third-order valence-electron chi connectivity index (χ3n) is 2.02. The normalized spacial score (nSPS) is 49.7. The SMILES string of the molecule is BrC1COCCC12CO2. The Kier molecular flexibility index (Phi) is 1.32. The Hall–Kier alpha value is 0.400. The number of hydrogen-bond donors (Lipinski definition) is 0. The molecular formula is C6H9BrO2. The van der Waals surface area contributed by atoms with Gasteiger partial charge in [0.2, 0.25) is 0 Å². The molecule has 2 nitrogen and oxygen atoms in total. The van der Waals surface area contributed by atoms with Crippen molar-refractivity contribution in [1.29, 1.82) is 0 Å². The molecule has 0 aromatic heterocycles. The van der Waals surface area contributed by atoms with E-state index in [0.29, 0.717) is 4.83 Å². The van der Waals surface area contributed by atoms with E-state index in [1.54, 1.807) is 0 Å². The van der Waals surface area contributed by atoms with E-state index < -0.39 is 0 Å². The first kappa shape index (κ1) is 6.13. The highest BCUT2D eigenvalue weighted by Crippen LogP contribution is 2.40. The zero-order valence-electron chi connectivity index (χ0n) is 5.10. The highest BCUT2D eigenvalue weighted by atomic mass is 79.9. The fourth-order valence-corrected chi connectivity index (χ4v) is 1.84. The second-order valence-corrected chi connectivity index (χ2v) is 3.75. The van der Waals surface area contributed by atoms with Gasteiger partial charge < -0.3 is 9.47 Å². The summed E-state index contributed by atoms with van der Waals surface area (Å²) in [5.74, 6) is 0. The molecule has 0 aromatic rings. The Morgan fingerprint density at radius 2 is 2.33 bits per heavy atom. The summed E-state index contributed by atoms with van der Waals surface area (Å²) in [4.78, 5) is 0.429. The van der Waals surface area contributed by atoms with Crippen LogP contribution < -0.4 is 0 Å². The van der Waals surface area contributed by atoms with Crippen molar-refractivity contribution in [2.45, 2.75) is 16.8 Å². The van der Waals surface area contributed by atoms with Gasteiger partial charge >= 0.3 is 0 Å². The molecule has 0 amide bonds. The minimum absolute atomic E-state index is 0.179. The highest BCUT2D eigenvalue weighted by molar-refractivity contribution is 9.09. The van der Waals surface area contributed by atoms with Crippen molar-refractivity contribution < 1.29 is 9.47 Å². The Bertz CT molecular complexity index is 122. The van der Waals surface area contributed by atoms with Gasteiger partial charge in [-0.05, 0) is 0 Å². The van der Waals surface area contributed by atoms with Crippen LogP contribution in [0.15, 0.2) is 0 Å². The molecule has 2 aliphatic heterocycles. The van der Waals surface area contributed by atoms with Crippen LogP contribution in [0.3, 0.4) is 0 Å². The van der Waals surface area contributed by atoms with Gasteiger partial charge in [-0.2, -0.15) is 0 Å². The van der Waals surface area contributed by atoms with Crippen LogP contribution in [0.25, 0.3) is 0 Å². The van der Waals surface area contributed by atoms with Crippen LogP contribution >= 0.6 is 15.9 Å². The first-order chi connectivity index (χ1) is 4.33. The van der Waals surface area contributed by atoms with Gasteiger partial charge in [0.05, 0.1) is 18.0 Å². The number of halogens is 1. The van der Waals surface area contributed by atoms with Gasteiger partial charge in [0, 0.05) is 13.0 Å². The molecule has 2 unspecified atom stereocenters. The molecule has 2 heterocycles. The molecule has 2 atom stereocenters. The van der Waals surface area contributed by atoms with Crippen molar-refractivity contribution in [3.05, 3.63) is 0 Å². The van der Waals surface area contributed by atoms with E-state index in [0.717, 1.165) is 26.2 Å². The third kappa shape index (κ3) is 0.914. The summed E-state index contributed by atoms with van der Waals surface area (Å²) in [6.07, 6.45) is 1.06. The maximum Gasteiger partial charge on any atom is 0.108 e. The smallest absolute Gasteiger partial charge is 0.108 e. The predicted molar refractivity (Wildman–Crippen MR) is 36.8 cm³/mol. The number of alkyl halides is 1. The first-order valence-corrected chi connectivity index (χ1v) is 4.11. The molecule has 2 fully saturated rings. The summed E-state index contributed by atoms with van der Waals surface area (Å²) in [6.45, 7) is 2.59. The van der Waals surface area contributed by atoms with Crippen LogP contribution in [0.2, 0.25) is 0 Å². The molecule has 0 saturated carbocycles. The van der Waals surface area contributed by atoms with Crippen molar-refractivity contribution in [2.24, 2.45) is 0 Å². The lowest BCUT2D eigenvalue weighted by Gasteiger charge is -2.23. The minimum atomic E-state index is 0.179. The molecule has 3 heteroatoms. The zero-order chi connectivity index (χ0) is 6.32. The molecule has 9 heavy (non-hydrogen) atoms. The van der Waals surface area contributed by atoms with Gasteiger partial charge in [-0.3, -0.25) is 0 Å². The highest BCUT2D eigenvalue weighted by Gasteiger charge is 2.52. The largest absolute Gasteiger partial charge is 0.380 e. The van der Waals surface area contributed by atoms with Gasteiger partial charge in [-0.15, -0.1) is 0 Å². The van der Waals surface area contributed by atoms with Crippen LogP contribution in [0, 0.1) is 0 Å². The number of ether oxygens (including phenoxy) is 2. The molecule has 1 spiro atoms. The quantitative estimate of drug-likeness (QED) is 0.421. The molecule has 0 aliphatic carbocycles. The average molecular weight is 193 g/mol. The van der Waals surface area contributed by atoms with Crippen LogP contribution in [0.1, 0.15) is 6.42 Å². The Morgan fingerprint density at radius 3 is 2.78 bits per heavy atom. The number of epoxide rings is 1. The summed E-state index contributed by atoms with van der Waals surface area (Å²) in [6, 6.07) is 0. The van der Waals surface area contributed by atoms with Gasteiger partial charge in [-0.1, -0.05) is 15.9 Å². The summed E-state index contributed by atoms with van der Waals surface area (Å²) in [5, 5.41) is 0.